The number of aromatic nitrogens is 1. The quantitative estimate of drug-likeness (QED) is 0.849. The summed E-state index contributed by atoms with van der Waals surface area (Å²) in [7, 11) is 0. The van der Waals surface area contributed by atoms with Gasteiger partial charge in [0.15, 0.2) is 0 Å². The normalized spacial score (nSPS) is 19.1. The molecule has 2 N–H and O–H groups in total. The summed E-state index contributed by atoms with van der Waals surface area (Å²) in [6.45, 7) is 1.84. The molecule has 2 rings (SSSR count). The SMILES string of the molecule is NC(CCc1ccncc1)CC1CCOCC1. The Labute approximate surface area is 103 Å². The topological polar surface area (TPSA) is 48.1 Å². The van der Waals surface area contributed by atoms with E-state index in [4.69, 9.17) is 10.5 Å². The fraction of sp³-hybridized carbons (Fsp3) is 0.643. The Morgan fingerprint density at radius 1 is 1.29 bits per heavy atom. The third-order valence-electron chi connectivity index (χ3n) is 3.53. The predicted molar refractivity (Wildman–Crippen MR) is 68.7 cm³/mol. The second-order valence-electron chi connectivity index (χ2n) is 4.95. The van der Waals surface area contributed by atoms with Crippen LogP contribution in [0.2, 0.25) is 0 Å². The molecule has 0 aliphatic carbocycles. The van der Waals surface area contributed by atoms with Crippen LogP contribution in [0.15, 0.2) is 24.5 Å². The van der Waals surface area contributed by atoms with Gasteiger partial charge in [0.05, 0.1) is 0 Å². The van der Waals surface area contributed by atoms with Crippen LogP contribution in [0.1, 0.15) is 31.2 Å². The molecule has 1 atom stereocenters. The lowest BCUT2D eigenvalue weighted by Gasteiger charge is -2.24. The van der Waals surface area contributed by atoms with E-state index in [9.17, 15) is 0 Å². The Morgan fingerprint density at radius 2 is 2.00 bits per heavy atom. The standard InChI is InChI=1S/C14H22N2O/c15-14(11-13-5-9-17-10-6-13)2-1-12-3-7-16-8-4-12/h3-4,7-8,13-14H,1-2,5-6,9-11,15H2. The van der Waals surface area contributed by atoms with Crippen molar-refractivity contribution < 1.29 is 4.74 Å². The summed E-state index contributed by atoms with van der Waals surface area (Å²) >= 11 is 0. The first-order chi connectivity index (χ1) is 8.34. The van der Waals surface area contributed by atoms with Crippen LogP contribution in [0, 0.1) is 5.92 Å². The Balaban J connectivity index is 1.68. The fourth-order valence-corrected chi connectivity index (χ4v) is 2.43. The van der Waals surface area contributed by atoms with Gasteiger partial charge in [-0.2, -0.15) is 0 Å². The summed E-state index contributed by atoms with van der Waals surface area (Å²) in [5.74, 6) is 0.774. The molecule has 0 spiro atoms. The first-order valence-corrected chi connectivity index (χ1v) is 6.57. The Hall–Kier alpha value is -0.930. The number of nitrogens with zero attached hydrogens (tertiary/aromatic N) is 1. The van der Waals surface area contributed by atoms with E-state index >= 15 is 0 Å². The van der Waals surface area contributed by atoms with E-state index in [0.717, 1.165) is 38.4 Å². The van der Waals surface area contributed by atoms with Crippen LogP contribution in [0.25, 0.3) is 0 Å². The number of rotatable bonds is 5. The van der Waals surface area contributed by atoms with Crippen LogP contribution in [-0.2, 0) is 11.2 Å². The van der Waals surface area contributed by atoms with Crippen LogP contribution in [0.3, 0.4) is 0 Å². The predicted octanol–water partition coefficient (Wildman–Crippen LogP) is 2.16. The van der Waals surface area contributed by atoms with E-state index in [1.807, 2.05) is 12.4 Å². The van der Waals surface area contributed by atoms with Gasteiger partial charge in [-0.3, -0.25) is 4.98 Å². The summed E-state index contributed by atoms with van der Waals surface area (Å²) in [4.78, 5) is 4.02. The largest absolute Gasteiger partial charge is 0.381 e. The van der Waals surface area contributed by atoms with Gasteiger partial charge in [-0.05, 0) is 55.7 Å². The molecular formula is C14H22N2O. The molecule has 0 aromatic carbocycles. The van der Waals surface area contributed by atoms with Crippen molar-refractivity contribution in [2.75, 3.05) is 13.2 Å². The summed E-state index contributed by atoms with van der Waals surface area (Å²) in [5.41, 5.74) is 7.53. The van der Waals surface area contributed by atoms with E-state index < -0.39 is 0 Å². The first kappa shape index (κ1) is 12.5. The minimum Gasteiger partial charge on any atom is -0.381 e. The van der Waals surface area contributed by atoms with E-state index in [0.29, 0.717) is 6.04 Å². The minimum atomic E-state index is 0.325. The maximum atomic E-state index is 6.20. The van der Waals surface area contributed by atoms with E-state index in [2.05, 4.69) is 17.1 Å². The van der Waals surface area contributed by atoms with Crippen LogP contribution in [-0.4, -0.2) is 24.2 Å². The van der Waals surface area contributed by atoms with Crippen LogP contribution < -0.4 is 5.73 Å². The molecule has 17 heavy (non-hydrogen) atoms. The zero-order valence-electron chi connectivity index (χ0n) is 10.3. The smallest absolute Gasteiger partial charge is 0.0468 e. The molecule has 0 saturated carbocycles. The molecule has 1 fully saturated rings. The molecule has 3 heteroatoms. The zero-order chi connectivity index (χ0) is 11.9. The maximum Gasteiger partial charge on any atom is 0.0468 e. The van der Waals surface area contributed by atoms with Gasteiger partial charge < -0.3 is 10.5 Å². The van der Waals surface area contributed by atoms with Crippen molar-refractivity contribution in [1.29, 1.82) is 0 Å². The van der Waals surface area contributed by atoms with Gasteiger partial charge in [0.25, 0.3) is 0 Å². The first-order valence-electron chi connectivity index (χ1n) is 6.57. The molecule has 1 aliphatic heterocycles. The van der Waals surface area contributed by atoms with Crippen molar-refractivity contribution in [3.05, 3.63) is 30.1 Å². The van der Waals surface area contributed by atoms with Gasteiger partial charge in [-0.25, -0.2) is 0 Å². The number of hydrogen-bond donors (Lipinski definition) is 1. The van der Waals surface area contributed by atoms with Gasteiger partial charge in [0.2, 0.25) is 0 Å². The molecule has 0 amide bonds. The Bertz CT molecular complexity index is 309. The summed E-state index contributed by atoms with van der Waals surface area (Å²) in [5, 5.41) is 0. The molecular weight excluding hydrogens is 212 g/mol. The number of nitrogens with two attached hydrogens (primary N) is 1. The highest BCUT2D eigenvalue weighted by Crippen LogP contribution is 2.20. The highest BCUT2D eigenvalue weighted by Gasteiger charge is 2.16. The molecule has 1 saturated heterocycles. The average Bonchev–Trinajstić information content (AvgIpc) is 2.39. The molecule has 0 bridgehead atoms. The summed E-state index contributed by atoms with van der Waals surface area (Å²) in [6, 6.07) is 4.47. The van der Waals surface area contributed by atoms with Crippen molar-refractivity contribution in [2.45, 2.75) is 38.1 Å². The van der Waals surface area contributed by atoms with Gasteiger partial charge in [-0.15, -0.1) is 0 Å². The highest BCUT2D eigenvalue weighted by molar-refractivity contribution is 5.09. The molecule has 1 aromatic heterocycles. The number of ether oxygens (including phenoxy) is 1. The van der Waals surface area contributed by atoms with Crippen LogP contribution >= 0.6 is 0 Å². The second-order valence-corrected chi connectivity index (χ2v) is 4.95. The van der Waals surface area contributed by atoms with Crippen molar-refractivity contribution >= 4 is 0 Å². The van der Waals surface area contributed by atoms with Crippen LogP contribution in [0.5, 0.6) is 0 Å². The molecule has 2 heterocycles. The molecule has 1 unspecified atom stereocenters. The van der Waals surface area contributed by atoms with E-state index in [1.165, 1.54) is 18.4 Å². The molecule has 1 aromatic rings. The Kier molecular flexibility index (Phi) is 4.95. The second kappa shape index (κ2) is 6.72. The molecule has 0 radical (unpaired) electrons. The van der Waals surface area contributed by atoms with E-state index in [-0.39, 0.29) is 0 Å². The lowest BCUT2D eigenvalue weighted by Crippen LogP contribution is -2.27. The number of hydrogen-bond acceptors (Lipinski definition) is 3. The third-order valence-corrected chi connectivity index (χ3v) is 3.53. The molecule has 3 nitrogen and oxygen atoms in total. The lowest BCUT2D eigenvalue weighted by atomic mass is 9.90. The lowest BCUT2D eigenvalue weighted by molar-refractivity contribution is 0.0616. The van der Waals surface area contributed by atoms with Crippen molar-refractivity contribution in [2.24, 2.45) is 11.7 Å². The van der Waals surface area contributed by atoms with Gasteiger partial charge in [0, 0.05) is 31.6 Å². The number of pyridine rings is 1. The minimum absolute atomic E-state index is 0.325. The van der Waals surface area contributed by atoms with Gasteiger partial charge in [-0.1, -0.05) is 0 Å². The van der Waals surface area contributed by atoms with Crippen molar-refractivity contribution in [3.63, 3.8) is 0 Å². The van der Waals surface area contributed by atoms with Crippen molar-refractivity contribution in [1.82, 2.24) is 4.98 Å². The highest BCUT2D eigenvalue weighted by atomic mass is 16.5. The molecule has 94 valence electrons. The average molecular weight is 234 g/mol. The zero-order valence-corrected chi connectivity index (χ0v) is 10.3. The summed E-state index contributed by atoms with van der Waals surface area (Å²) in [6.07, 6.45) is 9.34. The van der Waals surface area contributed by atoms with Gasteiger partial charge >= 0.3 is 0 Å². The van der Waals surface area contributed by atoms with E-state index in [1.54, 1.807) is 0 Å². The monoisotopic (exact) mass is 234 g/mol. The van der Waals surface area contributed by atoms with Crippen LogP contribution in [0.4, 0.5) is 0 Å². The molecule has 1 aliphatic rings. The third kappa shape index (κ3) is 4.44. The van der Waals surface area contributed by atoms with Gasteiger partial charge in [0.1, 0.15) is 0 Å². The van der Waals surface area contributed by atoms with Crippen molar-refractivity contribution in [3.8, 4) is 0 Å². The maximum absolute atomic E-state index is 6.20. The number of aryl methyl sites for hydroxylation is 1. The fourth-order valence-electron chi connectivity index (χ4n) is 2.43. The summed E-state index contributed by atoms with van der Waals surface area (Å²) < 4.78 is 5.36. The Morgan fingerprint density at radius 3 is 2.71 bits per heavy atom.